The van der Waals surface area contributed by atoms with Gasteiger partial charge in [0, 0.05) is 12.5 Å². The number of benzene rings is 2. The molecule has 2 aromatic carbocycles. The Morgan fingerprint density at radius 2 is 1.81 bits per heavy atom. The molecular formula is C16H17NO3S. The van der Waals surface area contributed by atoms with Gasteiger partial charge in [-0.2, -0.15) is 0 Å². The van der Waals surface area contributed by atoms with Crippen molar-refractivity contribution in [1.29, 1.82) is 0 Å². The van der Waals surface area contributed by atoms with Gasteiger partial charge >= 0.3 is 0 Å². The van der Waals surface area contributed by atoms with Crippen LogP contribution in [0.15, 0.2) is 58.3 Å². The van der Waals surface area contributed by atoms with Gasteiger partial charge in [0.1, 0.15) is 5.75 Å². The molecule has 1 atom stereocenters. The fourth-order valence-corrected chi connectivity index (χ4v) is 3.99. The lowest BCUT2D eigenvalue weighted by molar-refractivity contribution is 0.460. The molecule has 1 saturated heterocycles. The minimum Gasteiger partial charge on any atom is -0.508 e. The molecule has 1 aliphatic heterocycles. The van der Waals surface area contributed by atoms with Gasteiger partial charge < -0.3 is 10.4 Å². The van der Waals surface area contributed by atoms with Crippen molar-refractivity contribution in [3.63, 3.8) is 0 Å². The van der Waals surface area contributed by atoms with Crippen LogP contribution in [0.2, 0.25) is 0 Å². The number of nitrogens with one attached hydrogen (secondary N) is 1. The summed E-state index contributed by atoms with van der Waals surface area (Å²) in [6, 6.07) is 12.9. The van der Waals surface area contributed by atoms with Gasteiger partial charge in [-0.3, -0.25) is 0 Å². The number of phenols is 1. The third-order valence-corrected chi connectivity index (χ3v) is 5.63. The summed E-state index contributed by atoms with van der Waals surface area (Å²) < 4.78 is 25.0. The van der Waals surface area contributed by atoms with E-state index in [0.717, 1.165) is 25.1 Å². The Hall–Kier alpha value is -1.85. The van der Waals surface area contributed by atoms with E-state index in [2.05, 4.69) is 5.32 Å². The lowest BCUT2D eigenvalue weighted by atomic mass is 9.98. The Bertz CT molecular complexity index is 735. The first-order chi connectivity index (χ1) is 10.1. The van der Waals surface area contributed by atoms with E-state index >= 15 is 0 Å². The standard InChI is InChI=1S/C16H17NO3S/c18-16-10-14(6-7-15(16)12-8-9-17-11-12)21(19,20)13-4-2-1-3-5-13/h1-7,10,12,17-18H,8-9,11H2. The highest BCUT2D eigenvalue weighted by atomic mass is 32.2. The highest BCUT2D eigenvalue weighted by Gasteiger charge is 2.23. The Morgan fingerprint density at radius 3 is 2.43 bits per heavy atom. The number of phenolic OH excluding ortho intramolecular Hbond substituents is 1. The number of rotatable bonds is 3. The van der Waals surface area contributed by atoms with Gasteiger partial charge in [0.05, 0.1) is 9.79 Å². The van der Waals surface area contributed by atoms with Crippen LogP contribution in [-0.2, 0) is 9.84 Å². The molecule has 21 heavy (non-hydrogen) atoms. The summed E-state index contributed by atoms with van der Waals surface area (Å²) in [6.07, 6.45) is 0.957. The molecule has 0 saturated carbocycles. The van der Waals surface area contributed by atoms with Crippen LogP contribution in [0.4, 0.5) is 0 Å². The zero-order valence-electron chi connectivity index (χ0n) is 11.5. The van der Waals surface area contributed by atoms with Crippen molar-refractivity contribution in [2.24, 2.45) is 0 Å². The van der Waals surface area contributed by atoms with E-state index in [-0.39, 0.29) is 21.5 Å². The van der Waals surface area contributed by atoms with E-state index in [1.807, 2.05) is 0 Å². The summed E-state index contributed by atoms with van der Waals surface area (Å²) in [4.78, 5) is 0.362. The third-order valence-electron chi connectivity index (χ3n) is 3.87. The lowest BCUT2D eigenvalue weighted by Crippen LogP contribution is -2.08. The van der Waals surface area contributed by atoms with Crippen LogP contribution in [0.5, 0.6) is 5.75 Å². The fraction of sp³-hybridized carbons (Fsp3) is 0.250. The first kappa shape index (κ1) is 14.1. The van der Waals surface area contributed by atoms with Gasteiger partial charge in [-0.1, -0.05) is 24.3 Å². The second-order valence-corrected chi connectivity index (χ2v) is 7.18. The van der Waals surface area contributed by atoms with Gasteiger partial charge in [-0.15, -0.1) is 0 Å². The average Bonchev–Trinajstić information content (AvgIpc) is 3.02. The van der Waals surface area contributed by atoms with Crippen LogP contribution in [0, 0.1) is 0 Å². The Balaban J connectivity index is 1.98. The van der Waals surface area contributed by atoms with Crippen molar-refractivity contribution in [3.05, 3.63) is 54.1 Å². The smallest absolute Gasteiger partial charge is 0.206 e. The molecule has 0 radical (unpaired) electrons. The first-order valence-corrected chi connectivity index (χ1v) is 8.41. The second-order valence-electron chi connectivity index (χ2n) is 5.23. The molecule has 5 heteroatoms. The molecule has 3 rings (SSSR count). The molecular weight excluding hydrogens is 286 g/mol. The highest BCUT2D eigenvalue weighted by molar-refractivity contribution is 7.91. The van der Waals surface area contributed by atoms with E-state index in [4.69, 9.17) is 0 Å². The monoisotopic (exact) mass is 303 g/mol. The molecule has 0 aliphatic carbocycles. The maximum atomic E-state index is 12.5. The number of sulfone groups is 1. The molecule has 1 heterocycles. The van der Waals surface area contributed by atoms with Gasteiger partial charge in [-0.25, -0.2) is 8.42 Å². The largest absolute Gasteiger partial charge is 0.508 e. The summed E-state index contributed by atoms with van der Waals surface area (Å²) >= 11 is 0. The van der Waals surface area contributed by atoms with Crippen LogP contribution in [0.1, 0.15) is 17.9 Å². The van der Waals surface area contributed by atoms with E-state index in [1.165, 1.54) is 6.07 Å². The first-order valence-electron chi connectivity index (χ1n) is 6.93. The predicted molar refractivity (Wildman–Crippen MR) is 80.2 cm³/mol. The summed E-state index contributed by atoms with van der Waals surface area (Å²) in [5, 5.41) is 13.4. The third kappa shape index (κ3) is 2.66. The van der Waals surface area contributed by atoms with Crippen molar-refractivity contribution in [2.75, 3.05) is 13.1 Å². The Morgan fingerprint density at radius 1 is 1.05 bits per heavy atom. The molecule has 1 fully saturated rings. The Kier molecular flexibility index (Phi) is 3.69. The fourth-order valence-electron chi connectivity index (χ4n) is 2.69. The van der Waals surface area contributed by atoms with Crippen LogP contribution >= 0.6 is 0 Å². The Labute approximate surface area is 124 Å². The van der Waals surface area contributed by atoms with Crippen LogP contribution < -0.4 is 5.32 Å². The molecule has 1 aliphatic rings. The molecule has 1 unspecified atom stereocenters. The molecule has 110 valence electrons. The van der Waals surface area contributed by atoms with Crippen LogP contribution in [-0.4, -0.2) is 26.6 Å². The van der Waals surface area contributed by atoms with Crippen molar-refractivity contribution in [3.8, 4) is 5.75 Å². The topological polar surface area (TPSA) is 66.4 Å². The van der Waals surface area contributed by atoms with Crippen molar-refractivity contribution >= 4 is 9.84 Å². The van der Waals surface area contributed by atoms with E-state index in [0.29, 0.717) is 0 Å². The van der Waals surface area contributed by atoms with Gasteiger partial charge in [0.2, 0.25) is 9.84 Å². The summed E-state index contributed by atoms with van der Waals surface area (Å²) in [6.45, 7) is 1.74. The minimum absolute atomic E-state index is 0.0562. The maximum absolute atomic E-state index is 12.5. The zero-order valence-corrected chi connectivity index (χ0v) is 12.3. The lowest BCUT2D eigenvalue weighted by Gasteiger charge is -2.12. The molecule has 0 amide bonds. The molecule has 0 aromatic heterocycles. The van der Waals surface area contributed by atoms with Crippen LogP contribution in [0.3, 0.4) is 0 Å². The highest BCUT2D eigenvalue weighted by Crippen LogP contribution is 2.33. The number of aromatic hydroxyl groups is 1. The summed E-state index contributed by atoms with van der Waals surface area (Å²) in [5.74, 6) is 0.305. The molecule has 2 N–H and O–H groups in total. The zero-order chi connectivity index (χ0) is 14.9. The molecule has 0 bridgehead atoms. The predicted octanol–water partition coefficient (Wildman–Crippen LogP) is 2.30. The van der Waals surface area contributed by atoms with E-state index in [1.54, 1.807) is 42.5 Å². The number of hydrogen-bond acceptors (Lipinski definition) is 4. The van der Waals surface area contributed by atoms with Crippen molar-refractivity contribution in [1.82, 2.24) is 5.32 Å². The van der Waals surface area contributed by atoms with Gasteiger partial charge in [0.15, 0.2) is 0 Å². The minimum atomic E-state index is -3.58. The van der Waals surface area contributed by atoms with E-state index in [9.17, 15) is 13.5 Å². The van der Waals surface area contributed by atoms with Crippen LogP contribution in [0.25, 0.3) is 0 Å². The number of hydrogen-bond donors (Lipinski definition) is 2. The van der Waals surface area contributed by atoms with E-state index < -0.39 is 9.84 Å². The van der Waals surface area contributed by atoms with Gasteiger partial charge in [-0.05, 0) is 42.8 Å². The second kappa shape index (κ2) is 5.50. The summed E-state index contributed by atoms with van der Waals surface area (Å²) in [5.41, 5.74) is 0.812. The maximum Gasteiger partial charge on any atom is 0.206 e. The normalized spacial score (nSPS) is 18.8. The van der Waals surface area contributed by atoms with Gasteiger partial charge in [0.25, 0.3) is 0 Å². The molecule has 4 nitrogen and oxygen atoms in total. The molecule has 2 aromatic rings. The average molecular weight is 303 g/mol. The SMILES string of the molecule is O=S(=O)(c1ccccc1)c1ccc(C2CCNC2)c(O)c1. The van der Waals surface area contributed by atoms with Crippen molar-refractivity contribution in [2.45, 2.75) is 22.1 Å². The van der Waals surface area contributed by atoms with Crippen molar-refractivity contribution < 1.29 is 13.5 Å². The quantitative estimate of drug-likeness (QED) is 0.913. The molecule has 0 spiro atoms. The summed E-state index contributed by atoms with van der Waals surface area (Å²) in [7, 11) is -3.58.